The number of amides is 1. The molecule has 11 heteroatoms. The van der Waals surface area contributed by atoms with Gasteiger partial charge in [-0.15, -0.1) is 0 Å². The fourth-order valence-electron chi connectivity index (χ4n) is 7.27. The van der Waals surface area contributed by atoms with Crippen molar-refractivity contribution >= 4 is 44.5 Å². The summed E-state index contributed by atoms with van der Waals surface area (Å²) in [5, 5.41) is 4.99. The molecule has 0 radical (unpaired) electrons. The van der Waals surface area contributed by atoms with Crippen molar-refractivity contribution in [3.63, 3.8) is 0 Å². The second kappa shape index (κ2) is 12.6. The number of fused-ring (bicyclic) bond motifs is 5. The fraction of sp³-hybridized carbons (Fsp3) is 0.432. The Hall–Kier alpha value is -4.38. The van der Waals surface area contributed by atoms with Crippen molar-refractivity contribution in [2.45, 2.75) is 89.5 Å². The summed E-state index contributed by atoms with van der Waals surface area (Å²) in [7, 11) is -2.17. The SMILES string of the molecule is CCOC(=O)c1cnn(C2CC2)c1C1=Cc2cc(OC)ccc2-c2c(C3CCCCC3)c3ccc(C(=O)NS(=O)(=O)C(C)C)cc3n2C1. The summed E-state index contributed by atoms with van der Waals surface area (Å²) in [6, 6.07) is 11.8. The van der Waals surface area contributed by atoms with Crippen LogP contribution in [0.2, 0.25) is 0 Å². The van der Waals surface area contributed by atoms with Gasteiger partial charge in [-0.1, -0.05) is 25.3 Å². The van der Waals surface area contributed by atoms with E-state index in [0.29, 0.717) is 18.0 Å². The molecular weight excluding hydrogens is 628 g/mol. The lowest BCUT2D eigenvalue weighted by molar-refractivity contribution is 0.0525. The van der Waals surface area contributed by atoms with Crippen molar-refractivity contribution in [3.05, 3.63) is 70.5 Å². The number of nitrogens with one attached hydrogen (secondary N) is 1. The van der Waals surface area contributed by atoms with E-state index >= 15 is 0 Å². The number of carbonyl (C=O) groups excluding carboxylic acids is 2. The highest BCUT2D eigenvalue weighted by Crippen LogP contribution is 2.48. The molecule has 0 atom stereocenters. The Morgan fingerprint density at radius 3 is 2.48 bits per heavy atom. The van der Waals surface area contributed by atoms with Gasteiger partial charge in [-0.25, -0.2) is 17.9 Å². The number of ether oxygens (including phenoxy) is 2. The molecule has 2 saturated carbocycles. The summed E-state index contributed by atoms with van der Waals surface area (Å²) in [5.41, 5.74) is 7.46. The van der Waals surface area contributed by atoms with E-state index in [1.165, 1.54) is 12.0 Å². The molecule has 2 aromatic carbocycles. The number of esters is 1. The van der Waals surface area contributed by atoms with E-state index in [9.17, 15) is 18.0 Å². The van der Waals surface area contributed by atoms with Crippen LogP contribution >= 0.6 is 0 Å². The molecule has 1 N–H and O–H groups in total. The van der Waals surface area contributed by atoms with Gasteiger partial charge in [0.15, 0.2) is 0 Å². The Labute approximate surface area is 281 Å². The Kier molecular flexibility index (Phi) is 8.43. The zero-order chi connectivity index (χ0) is 33.7. The first kappa shape index (κ1) is 32.2. The van der Waals surface area contributed by atoms with Gasteiger partial charge in [-0.3, -0.25) is 9.48 Å². The molecule has 1 amide bonds. The Bertz CT molecular complexity index is 2060. The maximum absolute atomic E-state index is 13.4. The van der Waals surface area contributed by atoms with E-state index in [2.05, 4.69) is 21.4 Å². The molecule has 0 unspecified atom stereocenters. The molecule has 7 rings (SSSR count). The molecule has 0 bridgehead atoms. The first-order valence-corrected chi connectivity index (χ1v) is 18.5. The summed E-state index contributed by atoms with van der Waals surface area (Å²) in [6.07, 6.45) is 11.3. The summed E-state index contributed by atoms with van der Waals surface area (Å²) < 4.78 is 42.9. The maximum Gasteiger partial charge on any atom is 0.341 e. The standard InChI is InChI=1S/C37H42N4O6S/c1-5-47-37(43)31-20-38-41(27-12-13-27)34(31)26-17-25-18-28(46-4)14-16-29(25)35-33(23-9-7-6-8-10-23)30-15-11-24(19-32(30)40(35)21-26)36(42)39-48(44,45)22(2)3/h11,14-20,22-23,27H,5-10,12-13,21H2,1-4H3,(H,39,42). The lowest BCUT2D eigenvalue weighted by atomic mass is 9.81. The second-order valence-corrected chi connectivity index (χ2v) is 15.6. The van der Waals surface area contributed by atoms with E-state index in [4.69, 9.17) is 14.6 Å². The molecule has 3 aliphatic rings. The number of methoxy groups -OCH3 is 1. The van der Waals surface area contributed by atoms with Gasteiger partial charge >= 0.3 is 5.97 Å². The van der Waals surface area contributed by atoms with E-state index in [0.717, 1.165) is 83.3 Å². The van der Waals surface area contributed by atoms with Gasteiger partial charge < -0.3 is 14.0 Å². The normalized spacial score (nSPS) is 16.6. The smallest absolute Gasteiger partial charge is 0.341 e. The van der Waals surface area contributed by atoms with Crippen LogP contribution in [0.5, 0.6) is 5.75 Å². The van der Waals surface area contributed by atoms with E-state index in [1.54, 1.807) is 40.1 Å². The van der Waals surface area contributed by atoms with Crippen LogP contribution in [0.3, 0.4) is 0 Å². The Balaban J connectivity index is 1.49. The highest BCUT2D eigenvalue weighted by atomic mass is 32.2. The quantitative estimate of drug-likeness (QED) is 0.189. The zero-order valence-corrected chi connectivity index (χ0v) is 28.7. The lowest BCUT2D eigenvalue weighted by Crippen LogP contribution is -2.35. The van der Waals surface area contributed by atoms with Gasteiger partial charge in [0.05, 0.1) is 49.1 Å². The third-order valence-corrected chi connectivity index (χ3v) is 11.6. The van der Waals surface area contributed by atoms with Crippen LogP contribution in [-0.4, -0.2) is 53.6 Å². The zero-order valence-electron chi connectivity index (χ0n) is 27.9. The lowest BCUT2D eigenvalue weighted by Gasteiger charge is -2.24. The summed E-state index contributed by atoms with van der Waals surface area (Å²) >= 11 is 0. The van der Waals surface area contributed by atoms with Gasteiger partial charge in [0, 0.05) is 22.0 Å². The summed E-state index contributed by atoms with van der Waals surface area (Å²) in [4.78, 5) is 26.7. The van der Waals surface area contributed by atoms with Gasteiger partial charge in [0.25, 0.3) is 5.91 Å². The first-order chi connectivity index (χ1) is 23.1. The summed E-state index contributed by atoms with van der Waals surface area (Å²) in [5.74, 6) is -0.0330. The molecule has 0 spiro atoms. The minimum absolute atomic E-state index is 0.203. The Morgan fingerprint density at radius 2 is 1.79 bits per heavy atom. The minimum Gasteiger partial charge on any atom is -0.497 e. The van der Waals surface area contributed by atoms with Crippen LogP contribution in [0.25, 0.3) is 33.8 Å². The number of sulfonamides is 1. The number of carbonyl (C=O) groups is 2. The molecule has 4 aromatic rings. The van der Waals surface area contributed by atoms with Gasteiger partial charge in [0.1, 0.15) is 11.3 Å². The molecule has 2 fully saturated rings. The van der Waals surface area contributed by atoms with Crippen LogP contribution < -0.4 is 9.46 Å². The van der Waals surface area contributed by atoms with Crippen LogP contribution in [0.4, 0.5) is 0 Å². The van der Waals surface area contributed by atoms with E-state index in [1.807, 2.05) is 28.9 Å². The number of allylic oxidation sites excluding steroid dienone is 1. The Morgan fingerprint density at radius 1 is 1.02 bits per heavy atom. The third kappa shape index (κ3) is 5.71. The van der Waals surface area contributed by atoms with Crippen LogP contribution in [-0.2, 0) is 21.3 Å². The summed E-state index contributed by atoms with van der Waals surface area (Å²) in [6.45, 7) is 5.52. The maximum atomic E-state index is 13.4. The van der Waals surface area contributed by atoms with Crippen molar-refractivity contribution < 1.29 is 27.5 Å². The number of nitrogens with zero attached hydrogens (tertiary/aromatic N) is 3. The molecule has 252 valence electrons. The molecule has 1 aliphatic heterocycles. The van der Waals surface area contributed by atoms with Crippen molar-refractivity contribution in [1.29, 1.82) is 0 Å². The topological polar surface area (TPSA) is 122 Å². The number of hydrogen-bond donors (Lipinski definition) is 1. The van der Waals surface area contributed by atoms with E-state index < -0.39 is 27.1 Å². The van der Waals surface area contributed by atoms with Crippen molar-refractivity contribution in [3.8, 4) is 17.0 Å². The second-order valence-electron chi connectivity index (χ2n) is 13.4. The van der Waals surface area contributed by atoms with Crippen LogP contribution in [0.1, 0.15) is 115 Å². The number of rotatable bonds is 9. The predicted octanol–water partition coefficient (Wildman–Crippen LogP) is 7.09. The fourth-order valence-corrected chi connectivity index (χ4v) is 7.88. The first-order valence-electron chi connectivity index (χ1n) is 17.0. The molecule has 2 aliphatic carbocycles. The van der Waals surface area contributed by atoms with Crippen molar-refractivity contribution in [2.75, 3.05) is 13.7 Å². The average Bonchev–Trinajstić information content (AvgIpc) is 3.78. The van der Waals surface area contributed by atoms with Gasteiger partial charge in [0.2, 0.25) is 10.0 Å². The van der Waals surface area contributed by atoms with Gasteiger partial charge in [-0.05, 0) is 105 Å². The van der Waals surface area contributed by atoms with Crippen LogP contribution in [0, 0.1) is 0 Å². The number of hydrogen-bond acceptors (Lipinski definition) is 7. The molecular formula is C37H42N4O6S. The minimum atomic E-state index is -3.82. The molecule has 0 saturated heterocycles. The molecule has 10 nitrogen and oxygen atoms in total. The molecule has 48 heavy (non-hydrogen) atoms. The molecule has 3 heterocycles. The monoisotopic (exact) mass is 670 g/mol. The third-order valence-electron chi connectivity index (χ3n) is 9.89. The van der Waals surface area contributed by atoms with Gasteiger partial charge in [-0.2, -0.15) is 5.10 Å². The highest BCUT2D eigenvalue weighted by Gasteiger charge is 2.35. The highest BCUT2D eigenvalue weighted by molar-refractivity contribution is 7.90. The van der Waals surface area contributed by atoms with E-state index in [-0.39, 0.29) is 18.2 Å². The number of benzene rings is 2. The van der Waals surface area contributed by atoms with Crippen molar-refractivity contribution in [2.24, 2.45) is 0 Å². The molecule has 2 aromatic heterocycles. The average molecular weight is 671 g/mol. The predicted molar refractivity (Wildman–Crippen MR) is 186 cm³/mol. The van der Waals surface area contributed by atoms with Crippen molar-refractivity contribution in [1.82, 2.24) is 19.1 Å². The van der Waals surface area contributed by atoms with Crippen LogP contribution in [0.15, 0.2) is 42.6 Å². The largest absolute Gasteiger partial charge is 0.497 e. The number of aromatic nitrogens is 3.